The molecule has 4 rings (SSSR count). The van der Waals surface area contributed by atoms with Gasteiger partial charge in [-0.05, 0) is 31.6 Å². The number of nitrogens with zero attached hydrogens (tertiary/aromatic N) is 2. The van der Waals surface area contributed by atoms with E-state index < -0.39 is 0 Å². The Kier molecular flexibility index (Phi) is 2.87. The van der Waals surface area contributed by atoms with E-state index in [1.165, 1.54) is 12.8 Å². The molecule has 4 aliphatic rings. The molecule has 6 heteroatoms. The standard InChI is InChI=1S/C14H21N3O3/c18-13-8-20-12-3-4-16(7-11(12)15-13)14(19)17-6-9-1-2-10(17)5-9/h9-12H,1-8H2,(H,15,18)/t9-,10+,11-,12+/m1/s1. The number of hydrogen-bond donors (Lipinski definition) is 1. The number of nitrogens with one attached hydrogen (secondary N) is 1. The zero-order chi connectivity index (χ0) is 13.7. The summed E-state index contributed by atoms with van der Waals surface area (Å²) in [6.07, 6.45) is 4.52. The number of carbonyl (C=O) groups excluding carboxylic acids is 2. The maximum Gasteiger partial charge on any atom is 0.320 e. The van der Waals surface area contributed by atoms with Crippen molar-refractivity contribution in [2.45, 2.75) is 43.9 Å². The molecule has 0 unspecified atom stereocenters. The molecule has 3 heterocycles. The highest BCUT2D eigenvalue weighted by Crippen LogP contribution is 2.38. The van der Waals surface area contributed by atoms with Crippen LogP contribution in [0.15, 0.2) is 0 Å². The Morgan fingerprint density at radius 1 is 1.25 bits per heavy atom. The van der Waals surface area contributed by atoms with E-state index in [9.17, 15) is 9.59 Å². The minimum atomic E-state index is -0.0687. The first-order chi connectivity index (χ1) is 9.70. The molecule has 20 heavy (non-hydrogen) atoms. The lowest BCUT2D eigenvalue weighted by atomic mass is 10.0. The molecule has 2 bridgehead atoms. The van der Waals surface area contributed by atoms with Gasteiger partial charge in [-0.1, -0.05) is 0 Å². The summed E-state index contributed by atoms with van der Waals surface area (Å²) < 4.78 is 5.53. The first kappa shape index (κ1) is 12.4. The highest BCUT2D eigenvalue weighted by atomic mass is 16.5. The predicted octanol–water partition coefficient (Wildman–Crippen LogP) is 0.180. The number of morpholine rings is 1. The van der Waals surface area contributed by atoms with Crippen molar-refractivity contribution < 1.29 is 14.3 Å². The van der Waals surface area contributed by atoms with Crippen molar-refractivity contribution in [2.75, 3.05) is 26.2 Å². The van der Waals surface area contributed by atoms with Crippen LogP contribution in [0.1, 0.15) is 25.7 Å². The molecule has 0 aromatic rings. The van der Waals surface area contributed by atoms with Gasteiger partial charge in [0.1, 0.15) is 6.61 Å². The Bertz CT molecular complexity index is 441. The predicted molar refractivity (Wildman–Crippen MR) is 71.1 cm³/mol. The molecule has 0 radical (unpaired) electrons. The average molecular weight is 279 g/mol. The Balaban J connectivity index is 1.42. The summed E-state index contributed by atoms with van der Waals surface area (Å²) in [5.74, 6) is 0.653. The number of likely N-dealkylation sites (tertiary alicyclic amines) is 2. The molecule has 6 nitrogen and oxygen atoms in total. The number of piperidine rings is 2. The van der Waals surface area contributed by atoms with Crippen molar-refractivity contribution in [1.82, 2.24) is 15.1 Å². The quantitative estimate of drug-likeness (QED) is 0.688. The summed E-state index contributed by atoms with van der Waals surface area (Å²) in [6.45, 7) is 2.41. The van der Waals surface area contributed by atoms with Gasteiger partial charge >= 0.3 is 6.03 Å². The molecule has 0 aromatic carbocycles. The third-order valence-corrected chi connectivity index (χ3v) is 5.25. The third-order valence-electron chi connectivity index (χ3n) is 5.25. The fraction of sp³-hybridized carbons (Fsp3) is 0.857. The fourth-order valence-corrected chi connectivity index (χ4v) is 4.21. The molecule has 4 atom stereocenters. The minimum Gasteiger partial charge on any atom is -0.366 e. The normalized spacial score (nSPS) is 39.7. The van der Waals surface area contributed by atoms with Crippen LogP contribution in [0.5, 0.6) is 0 Å². The summed E-state index contributed by atoms with van der Waals surface area (Å²) in [5.41, 5.74) is 0. The molecule has 1 saturated carbocycles. The van der Waals surface area contributed by atoms with Crippen LogP contribution in [0.4, 0.5) is 4.79 Å². The number of amides is 3. The van der Waals surface area contributed by atoms with Crippen molar-refractivity contribution in [1.29, 1.82) is 0 Å². The molecular formula is C14H21N3O3. The van der Waals surface area contributed by atoms with Crippen molar-refractivity contribution in [3.05, 3.63) is 0 Å². The van der Waals surface area contributed by atoms with Gasteiger partial charge in [-0.25, -0.2) is 4.79 Å². The molecule has 0 aromatic heterocycles. The summed E-state index contributed by atoms with van der Waals surface area (Å²) in [6, 6.07) is 0.589. The smallest absolute Gasteiger partial charge is 0.320 e. The number of urea groups is 1. The van der Waals surface area contributed by atoms with Gasteiger partial charge in [-0.2, -0.15) is 0 Å². The second-order valence-electron chi connectivity index (χ2n) is 6.53. The van der Waals surface area contributed by atoms with Crippen LogP contribution in [0.2, 0.25) is 0 Å². The second-order valence-corrected chi connectivity index (χ2v) is 6.53. The Hall–Kier alpha value is -1.30. The topological polar surface area (TPSA) is 61.9 Å². The van der Waals surface area contributed by atoms with Crippen LogP contribution in [-0.2, 0) is 9.53 Å². The Morgan fingerprint density at radius 3 is 2.90 bits per heavy atom. The van der Waals surface area contributed by atoms with Crippen molar-refractivity contribution in [3.63, 3.8) is 0 Å². The first-order valence-corrected chi connectivity index (χ1v) is 7.67. The van der Waals surface area contributed by atoms with Crippen LogP contribution in [0.3, 0.4) is 0 Å². The molecule has 0 spiro atoms. The molecule has 3 amide bonds. The van der Waals surface area contributed by atoms with Gasteiger partial charge in [0.05, 0.1) is 12.1 Å². The van der Waals surface area contributed by atoms with E-state index in [-0.39, 0.29) is 30.7 Å². The van der Waals surface area contributed by atoms with Crippen LogP contribution in [0.25, 0.3) is 0 Å². The highest BCUT2D eigenvalue weighted by molar-refractivity contribution is 5.79. The van der Waals surface area contributed by atoms with Gasteiger partial charge in [-0.15, -0.1) is 0 Å². The fourth-order valence-electron chi connectivity index (χ4n) is 4.21. The van der Waals surface area contributed by atoms with Gasteiger partial charge in [-0.3, -0.25) is 4.79 Å². The third kappa shape index (κ3) is 1.97. The number of carbonyl (C=O) groups is 2. The van der Waals surface area contributed by atoms with Gasteiger partial charge in [0.25, 0.3) is 0 Å². The number of ether oxygens (including phenoxy) is 1. The molecule has 4 fully saturated rings. The lowest BCUT2D eigenvalue weighted by molar-refractivity contribution is -0.139. The van der Waals surface area contributed by atoms with Crippen LogP contribution < -0.4 is 5.32 Å². The van der Waals surface area contributed by atoms with Crippen LogP contribution in [-0.4, -0.2) is 66.2 Å². The zero-order valence-corrected chi connectivity index (χ0v) is 11.6. The average Bonchev–Trinajstić information content (AvgIpc) is 3.08. The number of rotatable bonds is 0. The molecule has 3 saturated heterocycles. The summed E-state index contributed by atoms with van der Waals surface area (Å²) in [5, 5.41) is 2.95. The maximum atomic E-state index is 12.6. The van der Waals surface area contributed by atoms with E-state index in [0.29, 0.717) is 12.6 Å². The SMILES string of the molecule is O=C1CO[C@H]2CCN(C(=O)N3C[C@@H]4CC[C@H]3C4)C[C@H]2N1. The van der Waals surface area contributed by atoms with Crippen LogP contribution >= 0.6 is 0 Å². The Labute approximate surface area is 118 Å². The summed E-state index contributed by atoms with van der Waals surface area (Å²) in [7, 11) is 0. The largest absolute Gasteiger partial charge is 0.366 e. The van der Waals surface area contributed by atoms with Gasteiger partial charge in [0.2, 0.25) is 5.91 Å². The van der Waals surface area contributed by atoms with Crippen LogP contribution in [0, 0.1) is 5.92 Å². The zero-order valence-electron chi connectivity index (χ0n) is 11.6. The lowest BCUT2D eigenvalue weighted by Gasteiger charge is -2.43. The van der Waals surface area contributed by atoms with E-state index >= 15 is 0 Å². The minimum absolute atomic E-state index is 0.0336. The number of hydrogen-bond acceptors (Lipinski definition) is 3. The maximum absolute atomic E-state index is 12.6. The molecular weight excluding hydrogens is 258 g/mol. The highest BCUT2D eigenvalue weighted by Gasteiger charge is 2.44. The first-order valence-electron chi connectivity index (χ1n) is 7.67. The van der Waals surface area contributed by atoms with E-state index in [1.807, 2.05) is 4.90 Å². The van der Waals surface area contributed by atoms with Crippen molar-refractivity contribution >= 4 is 11.9 Å². The van der Waals surface area contributed by atoms with Crippen molar-refractivity contribution in [2.24, 2.45) is 5.92 Å². The molecule has 1 aliphatic carbocycles. The van der Waals surface area contributed by atoms with E-state index in [2.05, 4.69) is 10.2 Å². The van der Waals surface area contributed by atoms with Gasteiger partial charge in [0.15, 0.2) is 0 Å². The van der Waals surface area contributed by atoms with E-state index in [0.717, 1.165) is 31.8 Å². The lowest BCUT2D eigenvalue weighted by Crippen LogP contribution is -2.62. The van der Waals surface area contributed by atoms with E-state index in [1.54, 1.807) is 0 Å². The summed E-state index contributed by atoms with van der Waals surface area (Å²) in [4.78, 5) is 28.0. The molecule has 3 aliphatic heterocycles. The van der Waals surface area contributed by atoms with Gasteiger partial charge in [0, 0.05) is 25.7 Å². The molecule has 110 valence electrons. The second kappa shape index (κ2) is 4.62. The van der Waals surface area contributed by atoms with Crippen molar-refractivity contribution in [3.8, 4) is 0 Å². The monoisotopic (exact) mass is 279 g/mol. The molecule has 1 N–H and O–H groups in total. The Morgan fingerprint density at radius 2 is 2.15 bits per heavy atom. The van der Waals surface area contributed by atoms with Gasteiger partial charge < -0.3 is 19.9 Å². The number of fused-ring (bicyclic) bond motifs is 3. The summed E-state index contributed by atoms with van der Waals surface area (Å²) >= 11 is 0. The van der Waals surface area contributed by atoms with E-state index in [4.69, 9.17) is 4.74 Å².